The van der Waals surface area contributed by atoms with Crippen LogP contribution < -0.4 is 10.6 Å². The Morgan fingerprint density at radius 2 is 1.71 bits per heavy atom. The van der Waals surface area contributed by atoms with Gasteiger partial charge in [0.1, 0.15) is 22.5 Å². The van der Waals surface area contributed by atoms with Crippen molar-refractivity contribution in [2.24, 2.45) is 17.8 Å². The van der Waals surface area contributed by atoms with E-state index in [-0.39, 0.29) is 61.2 Å². The number of hydrogen-bond acceptors (Lipinski definition) is 12. The summed E-state index contributed by atoms with van der Waals surface area (Å²) in [7, 11) is 1.90. The molecule has 0 spiro atoms. The molecular formula is C42H63N5O10S. The number of carbonyl (C=O) groups is 6. The van der Waals surface area contributed by atoms with Crippen molar-refractivity contribution in [1.29, 1.82) is 0 Å². The van der Waals surface area contributed by atoms with Crippen LogP contribution in [0.5, 0.6) is 5.75 Å². The first-order chi connectivity index (χ1) is 27.4. The number of likely N-dealkylation sites (tertiary alicyclic amines) is 1. The fourth-order valence-electron chi connectivity index (χ4n) is 7.07. The zero-order valence-electron chi connectivity index (χ0n) is 35.2. The smallest absolute Gasteiger partial charge is 0.307 e. The van der Waals surface area contributed by atoms with Crippen LogP contribution in [0.1, 0.15) is 127 Å². The number of likely N-dealkylation sites (N-methyl/N-ethyl adjacent to an activating group) is 1. The van der Waals surface area contributed by atoms with Gasteiger partial charge in [-0.3, -0.25) is 33.7 Å². The number of nitrogens with zero attached hydrogens (tertiary/aromatic N) is 3. The van der Waals surface area contributed by atoms with Crippen molar-refractivity contribution in [3.05, 3.63) is 45.9 Å². The molecule has 1 aliphatic rings. The minimum absolute atomic E-state index is 0.0330. The molecule has 2 aromatic rings. The van der Waals surface area contributed by atoms with Crippen LogP contribution in [0.4, 0.5) is 0 Å². The molecule has 1 fully saturated rings. The van der Waals surface area contributed by atoms with Gasteiger partial charge in [-0.05, 0) is 75.2 Å². The maximum Gasteiger partial charge on any atom is 0.307 e. The predicted octanol–water partition coefficient (Wildman–Crippen LogP) is 5.46. The molecule has 0 bridgehead atoms. The lowest BCUT2D eigenvalue weighted by Gasteiger charge is -2.39. The fraction of sp³-hybridized carbons (Fsp3) is 0.643. The van der Waals surface area contributed by atoms with Crippen molar-refractivity contribution in [1.82, 2.24) is 25.4 Å². The van der Waals surface area contributed by atoms with Crippen LogP contribution >= 0.6 is 11.3 Å². The number of ether oxygens (including phenoxy) is 2. The number of aromatic hydroxyl groups is 1. The predicted molar refractivity (Wildman–Crippen MR) is 219 cm³/mol. The summed E-state index contributed by atoms with van der Waals surface area (Å²) in [6.07, 6.45) is 3.31. The number of aliphatic carboxylic acids is 1. The molecule has 0 radical (unpaired) electrons. The van der Waals surface area contributed by atoms with Gasteiger partial charge in [0.25, 0.3) is 5.91 Å². The number of nitrogens with one attached hydrogen (secondary N) is 2. The summed E-state index contributed by atoms with van der Waals surface area (Å²) in [5.41, 5.74) is 0.816. The van der Waals surface area contributed by atoms with Gasteiger partial charge in [-0.1, -0.05) is 66.5 Å². The molecule has 3 amide bonds. The van der Waals surface area contributed by atoms with Crippen molar-refractivity contribution < 1.29 is 48.5 Å². The molecule has 7 atom stereocenters. The number of benzene rings is 1. The van der Waals surface area contributed by atoms with Gasteiger partial charge in [-0.2, -0.15) is 0 Å². The summed E-state index contributed by atoms with van der Waals surface area (Å²) in [5, 5.41) is 27.1. The van der Waals surface area contributed by atoms with E-state index in [1.165, 1.54) is 29.3 Å². The molecule has 0 aliphatic carbocycles. The highest BCUT2D eigenvalue weighted by Crippen LogP contribution is 2.32. The molecule has 3 rings (SSSR count). The van der Waals surface area contributed by atoms with E-state index in [0.717, 1.165) is 36.3 Å². The van der Waals surface area contributed by atoms with Crippen LogP contribution in [-0.2, 0) is 39.9 Å². The summed E-state index contributed by atoms with van der Waals surface area (Å²) < 4.78 is 11.5. The Kier molecular flexibility index (Phi) is 19.1. The number of carbonyl (C=O) groups excluding carboxylic acids is 5. The molecule has 322 valence electrons. The van der Waals surface area contributed by atoms with Crippen LogP contribution in [0.3, 0.4) is 0 Å². The number of piperidine rings is 1. The normalized spacial score (nSPS) is 17.6. The van der Waals surface area contributed by atoms with Crippen LogP contribution in [0.25, 0.3) is 0 Å². The standard InChI is InChI=1S/C42H63N5O10S/c1-9-13-36(50)56-24-47(41(53)37(26(5)10-2)45-39(52)33-14-11-12-19-46(33)8)34(25(3)4)22-35(57-28(7)48)40-44-32(23-58-40)38(51)43-30(20-27(6)42(54)55)21-29-15-17-31(49)18-16-29/h15-18,23,25-27,30,33-35,37,49H,9-14,19-22,24H2,1-8H3,(H,43,51)(H,45,52)(H,54,55)/t26?,27-,30+,33+,34+,35+,37?/m0/s1. The van der Waals surface area contributed by atoms with E-state index < -0.39 is 59.9 Å². The molecule has 1 aliphatic heterocycles. The van der Waals surface area contributed by atoms with E-state index in [1.807, 2.05) is 46.6 Å². The van der Waals surface area contributed by atoms with Gasteiger partial charge >= 0.3 is 17.9 Å². The largest absolute Gasteiger partial charge is 0.508 e. The average molecular weight is 830 g/mol. The quantitative estimate of drug-likeness (QED) is 0.0863. The van der Waals surface area contributed by atoms with Gasteiger partial charge < -0.3 is 35.2 Å². The lowest BCUT2D eigenvalue weighted by atomic mass is 9.92. The molecule has 0 saturated carbocycles. The lowest BCUT2D eigenvalue weighted by molar-refractivity contribution is -0.160. The number of phenolic OH excluding ortho intramolecular Hbond substituents is 1. The maximum atomic E-state index is 14.7. The summed E-state index contributed by atoms with van der Waals surface area (Å²) in [4.78, 5) is 87.0. The number of esters is 2. The summed E-state index contributed by atoms with van der Waals surface area (Å²) in [6, 6.07) is 3.85. The van der Waals surface area contributed by atoms with Crippen molar-refractivity contribution in [2.75, 3.05) is 20.3 Å². The third kappa shape index (κ3) is 14.4. The van der Waals surface area contributed by atoms with E-state index in [1.54, 1.807) is 19.1 Å². The van der Waals surface area contributed by atoms with Crippen LogP contribution in [0, 0.1) is 17.8 Å². The van der Waals surface area contributed by atoms with Crippen molar-refractivity contribution in [3.8, 4) is 5.75 Å². The van der Waals surface area contributed by atoms with Gasteiger partial charge in [0, 0.05) is 37.2 Å². The molecule has 1 aromatic carbocycles. The topological polar surface area (TPSA) is 205 Å². The molecule has 15 nitrogen and oxygen atoms in total. The van der Waals surface area contributed by atoms with Crippen molar-refractivity contribution >= 4 is 47.0 Å². The van der Waals surface area contributed by atoms with Crippen LogP contribution in [0.15, 0.2) is 29.6 Å². The van der Waals surface area contributed by atoms with Gasteiger partial charge in [0.15, 0.2) is 12.8 Å². The Bertz CT molecular complexity index is 1680. The Labute approximate surface area is 346 Å². The second-order valence-corrected chi connectivity index (χ2v) is 16.7. The number of carboxylic acid groups (broad SMARTS) is 1. The number of amides is 3. The Hall–Kier alpha value is -4.57. The first kappa shape index (κ1) is 47.8. The first-order valence-electron chi connectivity index (χ1n) is 20.4. The Balaban J connectivity index is 1.95. The monoisotopic (exact) mass is 829 g/mol. The van der Waals surface area contributed by atoms with Crippen LogP contribution in [-0.4, -0.2) is 105 Å². The van der Waals surface area contributed by atoms with E-state index in [2.05, 4.69) is 15.6 Å². The third-order valence-corrected chi connectivity index (χ3v) is 11.7. The minimum atomic E-state index is -1.01. The fourth-order valence-corrected chi connectivity index (χ4v) is 7.91. The van der Waals surface area contributed by atoms with Gasteiger partial charge in [0.2, 0.25) is 11.8 Å². The van der Waals surface area contributed by atoms with Gasteiger partial charge in [-0.25, -0.2) is 4.98 Å². The Morgan fingerprint density at radius 1 is 1.02 bits per heavy atom. The van der Waals surface area contributed by atoms with Crippen molar-refractivity contribution in [3.63, 3.8) is 0 Å². The molecular weight excluding hydrogens is 767 g/mol. The molecule has 2 unspecified atom stereocenters. The highest BCUT2D eigenvalue weighted by atomic mass is 32.1. The number of phenols is 1. The SMILES string of the molecule is CCCC(=O)OCN(C(=O)C(NC(=O)[C@H]1CCCCN1C)C(C)CC)[C@H](C[C@@H](OC(C)=O)c1nc(C(=O)N[C@@H](Cc2ccc(O)cc2)C[C@H](C)C(=O)O)cs1)C(C)C. The molecule has 16 heteroatoms. The molecule has 2 heterocycles. The lowest BCUT2D eigenvalue weighted by Crippen LogP contribution is -2.59. The van der Waals surface area contributed by atoms with E-state index >= 15 is 0 Å². The number of thiazole rings is 1. The van der Waals surface area contributed by atoms with Gasteiger partial charge in [0.05, 0.1) is 12.0 Å². The Morgan fingerprint density at radius 3 is 2.29 bits per heavy atom. The summed E-state index contributed by atoms with van der Waals surface area (Å²) in [5.74, 6) is -4.54. The first-order valence-corrected chi connectivity index (χ1v) is 21.2. The number of carboxylic acids is 1. The summed E-state index contributed by atoms with van der Waals surface area (Å²) in [6.45, 7) is 12.7. The second kappa shape index (κ2) is 23.1. The van der Waals surface area contributed by atoms with E-state index in [0.29, 0.717) is 30.7 Å². The average Bonchev–Trinajstić information content (AvgIpc) is 3.67. The third-order valence-electron chi connectivity index (χ3n) is 10.7. The van der Waals surface area contributed by atoms with Crippen LogP contribution in [0.2, 0.25) is 0 Å². The van der Waals surface area contributed by atoms with E-state index in [9.17, 15) is 39.0 Å². The zero-order valence-corrected chi connectivity index (χ0v) is 36.0. The maximum absolute atomic E-state index is 14.7. The van der Waals surface area contributed by atoms with E-state index in [4.69, 9.17) is 9.47 Å². The zero-order chi connectivity index (χ0) is 43.1. The number of rotatable bonds is 22. The molecule has 1 aromatic heterocycles. The highest BCUT2D eigenvalue weighted by Gasteiger charge is 2.39. The number of hydrogen-bond donors (Lipinski definition) is 4. The number of aromatic nitrogens is 1. The second-order valence-electron chi connectivity index (χ2n) is 15.8. The molecule has 4 N–H and O–H groups in total. The minimum Gasteiger partial charge on any atom is -0.508 e. The summed E-state index contributed by atoms with van der Waals surface area (Å²) >= 11 is 1.10. The molecule has 58 heavy (non-hydrogen) atoms. The van der Waals surface area contributed by atoms with Crippen molar-refractivity contribution in [2.45, 2.75) is 137 Å². The molecule has 1 saturated heterocycles. The highest BCUT2D eigenvalue weighted by molar-refractivity contribution is 7.09. The van der Waals surface area contributed by atoms with Gasteiger partial charge in [-0.15, -0.1) is 11.3 Å².